The van der Waals surface area contributed by atoms with Crippen LogP contribution in [0.25, 0.3) is 0 Å². The van der Waals surface area contributed by atoms with Crippen LogP contribution >= 0.6 is 15.9 Å². The predicted molar refractivity (Wildman–Crippen MR) is 44.4 cm³/mol. The molecule has 4 heteroatoms. The second kappa shape index (κ2) is 3.76. The first-order valence-corrected chi connectivity index (χ1v) is 3.99. The third-order valence-corrected chi connectivity index (χ3v) is 1.99. The van der Waals surface area contributed by atoms with Crippen molar-refractivity contribution in [1.29, 1.82) is 0 Å². The average Bonchev–Trinajstić information content (AvgIpc) is 2.08. The van der Waals surface area contributed by atoms with E-state index in [1.165, 1.54) is 18.2 Å². The van der Waals surface area contributed by atoms with Crippen molar-refractivity contribution in [3.8, 4) is 0 Å². The number of benzene rings is 1. The molecule has 1 rings (SSSR count). The number of rotatable bonds is 2. The van der Waals surface area contributed by atoms with Gasteiger partial charge >= 0.3 is 0 Å². The fourth-order valence-electron chi connectivity index (χ4n) is 0.791. The van der Waals surface area contributed by atoms with Gasteiger partial charge in [-0.3, -0.25) is 4.79 Å². The maximum Gasteiger partial charge on any atom is 0.196 e. The smallest absolute Gasteiger partial charge is 0.196 e. The van der Waals surface area contributed by atoms with Crippen molar-refractivity contribution >= 4 is 21.7 Å². The van der Waals surface area contributed by atoms with E-state index in [4.69, 9.17) is 0 Å². The number of Topliss-reactive ketones (excluding diaryl/α,β-unsaturated/α-hetero) is 1. The third-order valence-electron chi connectivity index (χ3n) is 1.37. The van der Waals surface area contributed by atoms with Crippen LogP contribution in [0.1, 0.15) is 10.4 Å². The molecule has 1 aromatic carbocycles. The molecule has 0 fully saturated rings. The Morgan fingerprint density at radius 2 is 2.17 bits per heavy atom. The molecule has 0 unspecified atom stereocenters. The number of carbonyl (C=O) groups excluding carboxylic acids is 1. The molecular formula is C8H5BrF2O. The summed E-state index contributed by atoms with van der Waals surface area (Å²) >= 11 is 2.89. The quantitative estimate of drug-likeness (QED) is 0.720. The molecule has 0 aliphatic rings. The van der Waals surface area contributed by atoms with Gasteiger partial charge in [-0.25, -0.2) is 8.78 Å². The fourth-order valence-corrected chi connectivity index (χ4v) is 1.16. The highest BCUT2D eigenvalue weighted by Gasteiger charge is 2.12. The van der Waals surface area contributed by atoms with Crippen LogP contribution in [0, 0.1) is 5.82 Å². The Bertz CT molecular complexity index is 312. The Hall–Kier alpha value is -0.770. The van der Waals surface area contributed by atoms with Gasteiger partial charge in [-0.15, -0.1) is 0 Å². The third kappa shape index (κ3) is 1.69. The van der Waals surface area contributed by atoms with E-state index in [-0.39, 0.29) is 10.0 Å². The summed E-state index contributed by atoms with van der Waals surface area (Å²) < 4.78 is 25.0. The maximum atomic E-state index is 13.0. The van der Waals surface area contributed by atoms with E-state index in [1.54, 1.807) is 0 Å². The molecule has 0 saturated carbocycles. The summed E-state index contributed by atoms with van der Waals surface area (Å²) in [5.41, 5.74) is -0.216. The lowest BCUT2D eigenvalue weighted by Gasteiger charge is -1.99. The minimum absolute atomic E-state index is 0.168. The molecule has 0 bridgehead atoms. The van der Waals surface area contributed by atoms with E-state index in [2.05, 4.69) is 15.9 Å². The Balaban J connectivity index is 3.16. The van der Waals surface area contributed by atoms with Gasteiger partial charge in [-0.05, 0) is 28.1 Å². The number of ketones is 1. The number of hydrogen-bond donors (Lipinski definition) is 0. The molecule has 1 nitrogen and oxygen atoms in total. The maximum absolute atomic E-state index is 13.0. The van der Waals surface area contributed by atoms with Crippen molar-refractivity contribution in [3.63, 3.8) is 0 Å². The largest absolute Gasteiger partial charge is 0.291 e. The molecule has 0 atom stereocenters. The van der Waals surface area contributed by atoms with E-state index in [1.807, 2.05) is 0 Å². The first-order chi connectivity index (χ1) is 5.66. The van der Waals surface area contributed by atoms with Crippen LogP contribution in [0.5, 0.6) is 0 Å². The Morgan fingerprint density at radius 3 is 2.75 bits per heavy atom. The van der Waals surface area contributed by atoms with Crippen molar-refractivity contribution in [2.24, 2.45) is 0 Å². The first kappa shape index (κ1) is 9.32. The molecule has 0 N–H and O–H groups in total. The van der Waals surface area contributed by atoms with Crippen molar-refractivity contribution in [3.05, 3.63) is 34.1 Å². The van der Waals surface area contributed by atoms with Crippen LogP contribution in [0.2, 0.25) is 0 Å². The lowest BCUT2D eigenvalue weighted by atomic mass is 10.1. The number of carbonyl (C=O) groups is 1. The summed E-state index contributed by atoms with van der Waals surface area (Å²) in [4.78, 5) is 10.8. The number of hydrogen-bond acceptors (Lipinski definition) is 1. The number of alkyl halides is 1. The van der Waals surface area contributed by atoms with Crippen LogP contribution in [0.3, 0.4) is 0 Å². The van der Waals surface area contributed by atoms with Gasteiger partial charge in [0, 0.05) is 0 Å². The highest BCUT2D eigenvalue weighted by Crippen LogP contribution is 2.18. The zero-order chi connectivity index (χ0) is 9.14. The van der Waals surface area contributed by atoms with Gasteiger partial charge in [0.15, 0.2) is 12.5 Å². The zero-order valence-electron chi connectivity index (χ0n) is 5.98. The summed E-state index contributed by atoms with van der Waals surface area (Å²) in [6.07, 6.45) is 0. The fraction of sp³-hybridized carbons (Fsp3) is 0.125. The summed E-state index contributed by atoms with van der Waals surface area (Å²) in [5, 5.41) is 0. The minimum atomic E-state index is -1.17. The SMILES string of the molecule is O=C(CF)c1cccc(Br)c1F. The van der Waals surface area contributed by atoms with Gasteiger partial charge in [-0.1, -0.05) is 6.07 Å². The van der Waals surface area contributed by atoms with E-state index >= 15 is 0 Å². The summed E-state index contributed by atoms with van der Waals surface area (Å²) in [5.74, 6) is -1.55. The van der Waals surface area contributed by atoms with Crippen molar-refractivity contribution in [2.75, 3.05) is 6.67 Å². The molecule has 1 aromatic rings. The molecule has 64 valence electrons. The van der Waals surface area contributed by atoms with Gasteiger partial charge in [-0.2, -0.15) is 0 Å². The Labute approximate surface area is 76.5 Å². The first-order valence-electron chi connectivity index (χ1n) is 3.20. The summed E-state index contributed by atoms with van der Waals surface area (Å²) in [6.45, 7) is -1.17. The molecule has 0 spiro atoms. The van der Waals surface area contributed by atoms with Crippen LogP contribution < -0.4 is 0 Å². The van der Waals surface area contributed by atoms with Crippen LogP contribution in [0.15, 0.2) is 22.7 Å². The van der Waals surface area contributed by atoms with E-state index in [0.717, 1.165) is 0 Å². The molecule has 0 amide bonds. The predicted octanol–water partition coefficient (Wildman–Crippen LogP) is 2.74. The summed E-state index contributed by atoms with van der Waals surface area (Å²) in [6, 6.07) is 4.18. The molecular weight excluding hydrogens is 230 g/mol. The molecule has 0 aromatic heterocycles. The monoisotopic (exact) mass is 234 g/mol. The zero-order valence-corrected chi connectivity index (χ0v) is 7.57. The van der Waals surface area contributed by atoms with Gasteiger partial charge in [0.2, 0.25) is 0 Å². The Kier molecular flexibility index (Phi) is 2.92. The van der Waals surface area contributed by atoms with Crippen molar-refractivity contribution in [1.82, 2.24) is 0 Å². The van der Waals surface area contributed by atoms with Gasteiger partial charge in [0.25, 0.3) is 0 Å². The lowest BCUT2D eigenvalue weighted by molar-refractivity contribution is 0.0954. The van der Waals surface area contributed by atoms with E-state index in [0.29, 0.717) is 0 Å². The minimum Gasteiger partial charge on any atom is -0.291 e. The van der Waals surface area contributed by atoms with Gasteiger partial charge in [0.1, 0.15) is 5.82 Å². The molecule has 0 radical (unpaired) electrons. The van der Waals surface area contributed by atoms with E-state index in [9.17, 15) is 13.6 Å². The molecule has 0 saturated heterocycles. The second-order valence-electron chi connectivity index (χ2n) is 2.16. The number of halogens is 3. The van der Waals surface area contributed by atoms with Crippen LogP contribution in [-0.2, 0) is 0 Å². The normalized spacial score (nSPS) is 9.92. The second-order valence-corrected chi connectivity index (χ2v) is 3.01. The molecule has 0 aliphatic heterocycles. The van der Waals surface area contributed by atoms with Crippen LogP contribution in [-0.4, -0.2) is 12.5 Å². The highest BCUT2D eigenvalue weighted by atomic mass is 79.9. The Morgan fingerprint density at radius 1 is 1.50 bits per heavy atom. The van der Waals surface area contributed by atoms with E-state index < -0.39 is 18.3 Å². The summed E-state index contributed by atoms with van der Waals surface area (Å²) in [7, 11) is 0. The van der Waals surface area contributed by atoms with Crippen molar-refractivity contribution < 1.29 is 13.6 Å². The molecule has 0 heterocycles. The van der Waals surface area contributed by atoms with Crippen LogP contribution in [0.4, 0.5) is 8.78 Å². The molecule has 0 aliphatic carbocycles. The van der Waals surface area contributed by atoms with Gasteiger partial charge < -0.3 is 0 Å². The lowest BCUT2D eigenvalue weighted by Crippen LogP contribution is -2.04. The topological polar surface area (TPSA) is 17.1 Å². The van der Waals surface area contributed by atoms with Crippen molar-refractivity contribution in [2.45, 2.75) is 0 Å². The highest BCUT2D eigenvalue weighted by molar-refractivity contribution is 9.10. The molecule has 12 heavy (non-hydrogen) atoms. The van der Waals surface area contributed by atoms with Gasteiger partial charge in [0.05, 0.1) is 10.0 Å². The average molecular weight is 235 g/mol. The standard InChI is InChI=1S/C8H5BrF2O/c9-6-3-1-2-5(8(6)11)7(12)4-10/h1-3H,4H2.